The summed E-state index contributed by atoms with van der Waals surface area (Å²) in [7, 11) is -4.91. The van der Waals surface area contributed by atoms with E-state index in [-0.39, 0.29) is 22.1 Å². The summed E-state index contributed by atoms with van der Waals surface area (Å²) in [5, 5.41) is -0.0981. The Morgan fingerprint density at radius 1 is 1.09 bits per heavy atom. The number of carbonyl (C=O) groups excluding carboxylic acids is 1. The predicted octanol–water partition coefficient (Wildman–Crippen LogP) is 6.07. The molecule has 2 aromatic carbocycles. The van der Waals surface area contributed by atoms with Gasteiger partial charge in [-0.15, -0.1) is 0 Å². The third-order valence-corrected chi connectivity index (χ3v) is 11.6. The van der Waals surface area contributed by atoms with Crippen LogP contribution in [0.3, 0.4) is 0 Å². The van der Waals surface area contributed by atoms with Gasteiger partial charge in [-0.1, -0.05) is 45.0 Å². The van der Waals surface area contributed by atoms with Crippen molar-refractivity contribution < 1.29 is 26.6 Å². The highest BCUT2D eigenvalue weighted by molar-refractivity contribution is 7.87. The van der Waals surface area contributed by atoms with E-state index in [1.54, 1.807) is 25.1 Å². The number of aldehydes is 1. The van der Waals surface area contributed by atoms with Gasteiger partial charge in [0.1, 0.15) is 16.9 Å². The van der Waals surface area contributed by atoms with Crippen LogP contribution in [0, 0.1) is 13.8 Å². The molecule has 0 aromatic heterocycles. The Labute approximate surface area is 198 Å². The summed E-state index contributed by atoms with van der Waals surface area (Å²) in [4.78, 5) is 11.3. The third kappa shape index (κ3) is 5.86. The van der Waals surface area contributed by atoms with E-state index in [0.717, 1.165) is 11.8 Å². The number of methoxy groups -OCH3 is 1. The van der Waals surface area contributed by atoms with E-state index in [1.165, 1.54) is 19.2 Å². The minimum absolute atomic E-state index is 0.0429. The molecule has 180 valence electrons. The first kappa shape index (κ1) is 26.7. The van der Waals surface area contributed by atoms with Gasteiger partial charge in [-0.05, 0) is 55.8 Å². The maximum absolute atomic E-state index is 13.0. The zero-order valence-corrected chi connectivity index (χ0v) is 22.6. The van der Waals surface area contributed by atoms with Crippen LogP contribution in [0.4, 0.5) is 0 Å². The van der Waals surface area contributed by atoms with Crippen LogP contribution >= 0.6 is 0 Å². The van der Waals surface area contributed by atoms with Gasteiger partial charge in [-0.2, -0.15) is 8.42 Å². The van der Waals surface area contributed by atoms with E-state index in [2.05, 4.69) is 40.4 Å². The van der Waals surface area contributed by atoms with Crippen molar-refractivity contribution >= 4 is 30.3 Å². The molecule has 2 rings (SSSR count). The number of hydrogen-bond donors (Lipinski definition) is 0. The lowest BCUT2D eigenvalue weighted by atomic mass is 10.0. The zero-order valence-electron chi connectivity index (χ0n) is 20.7. The Bertz CT molecular complexity index is 1140. The van der Waals surface area contributed by atoms with Crippen LogP contribution in [0.15, 0.2) is 41.8 Å². The summed E-state index contributed by atoms with van der Waals surface area (Å²) in [5.74, 6) is 0.907. The van der Waals surface area contributed by atoms with Crippen LogP contribution in [0.1, 0.15) is 43.9 Å². The molecule has 33 heavy (non-hydrogen) atoms. The van der Waals surface area contributed by atoms with Gasteiger partial charge >= 0.3 is 10.1 Å². The smallest absolute Gasteiger partial charge is 0.339 e. The number of ether oxygens (including phenoxy) is 1. The number of carbonyl (C=O) groups is 1. The maximum Gasteiger partial charge on any atom is 0.339 e. The lowest BCUT2D eigenvalue weighted by molar-refractivity contribution is -0.107. The van der Waals surface area contributed by atoms with Crippen molar-refractivity contribution in [2.75, 3.05) is 7.11 Å². The summed E-state index contributed by atoms with van der Waals surface area (Å²) in [6, 6.07) is 7.98. The second-order valence-corrected chi connectivity index (χ2v) is 15.9. The van der Waals surface area contributed by atoms with Crippen LogP contribution in [-0.4, -0.2) is 30.1 Å². The number of aryl methyl sites for hydroxylation is 1. The van der Waals surface area contributed by atoms with Gasteiger partial charge in [-0.25, -0.2) is 0 Å². The fourth-order valence-electron chi connectivity index (χ4n) is 2.90. The Morgan fingerprint density at radius 3 is 2.15 bits per heavy atom. The summed E-state index contributed by atoms with van der Waals surface area (Å²) in [6.07, 6.45) is 0.804. The largest absolute Gasteiger partial charge is 0.541 e. The van der Waals surface area contributed by atoms with Crippen LogP contribution in [0.5, 0.6) is 17.2 Å². The topological polar surface area (TPSA) is 78.9 Å². The Hall–Kier alpha value is -2.58. The molecule has 0 aliphatic carbocycles. The molecule has 0 N–H and O–H groups in total. The van der Waals surface area contributed by atoms with Crippen molar-refractivity contribution in [2.45, 2.75) is 64.1 Å². The summed E-state index contributed by atoms with van der Waals surface area (Å²) >= 11 is 0. The fourth-order valence-corrected chi connectivity index (χ4v) is 4.89. The van der Waals surface area contributed by atoms with Crippen LogP contribution in [0.2, 0.25) is 18.1 Å². The molecule has 0 amide bonds. The molecule has 0 radical (unpaired) electrons. The highest BCUT2D eigenvalue weighted by Gasteiger charge is 2.40. The molecule has 0 saturated carbocycles. The molecule has 0 bridgehead atoms. The van der Waals surface area contributed by atoms with E-state index >= 15 is 0 Å². The monoisotopic (exact) mass is 490 g/mol. The number of hydrogen-bond acceptors (Lipinski definition) is 6. The second-order valence-electron chi connectivity index (χ2n) is 9.60. The molecule has 0 fully saturated rings. The van der Waals surface area contributed by atoms with E-state index in [0.29, 0.717) is 28.2 Å². The van der Waals surface area contributed by atoms with Crippen LogP contribution < -0.4 is 13.3 Å². The van der Waals surface area contributed by atoms with Crippen molar-refractivity contribution in [1.29, 1.82) is 0 Å². The van der Waals surface area contributed by atoms with E-state index in [9.17, 15) is 13.2 Å². The Balaban J connectivity index is 2.69. The minimum atomic E-state index is -4.09. The Kier molecular flexibility index (Phi) is 7.86. The minimum Gasteiger partial charge on any atom is -0.541 e. The van der Waals surface area contributed by atoms with Crippen LogP contribution in [-0.2, 0) is 14.9 Å². The number of allylic oxidation sites excluding steroid dienone is 1. The van der Waals surface area contributed by atoms with Crippen molar-refractivity contribution in [3.05, 3.63) is 53.6 Å². The number of benzene rings is 2. The van der Waals surface area contributed by atoms with Gasteiger partial charge in [0, 0.05) is 17.5 Å². The number of rotatable bonds is 9. The van der Waals surface area contributed by atoms with Gasteiger partial charge in [0.15, 0.2) is 11.5 Å². The SMILES string of the molecule is C=C(CC=O)c1cc(OS(=O)(=O)c2ccc(C)cc2)c(C)c(OC)c1O[Si](C)(C)C(C)(C)C. The molecule has 0 spiro atoms. The lowest BCUT2D eigenvalue weighted by Crippen LogP contribution is -2.44. The second kappa shape index (κ2) is 9.73. The Morgan fingerprint density at radius 2 is 1.67 bits per heavy atom. The molecule has 0 saturated heterocycles. The fraction of sp³-hybridized carbons (Fsp3) is 0.400. The van der Waals surface area contributed by atoms with Gasteiger partial charge in [-0.3, -0.25) is 0 Å². The summed E-state index contributed by atoms with van der Waals surface area (Å²) in [5.41, 5.74) is 2.38. The average Bonchev–Trinajstić information content (AvgIpc) is 2.69. The molecule has 0 atom stereocenters. The highest BCUT2D eigenvalue weighted by atomic mass is 32.2. The molecule has 0 heterocycles. The quantitative estimate of drug-likeness (QED) is 0.241. The standard InChI is InChI=1S/C25H34O6SSi/c1-17-10-12-20(13-11-17)32(27,28)30-22-16-21(18(2)14-15-26)24(23(29-7)19(22)3)31-33(8,9)25(4,5)6/h10-13,15-16H,2,14H2,1,3-9H3. The predicted molar refractivity (Wildman–Crippen MR) is 134 cm³/mol. The van der Waals surface area contributed by atoms with Crippen molar-refractivity contribution in [2.24, 2.45) is 0 Å². The zero-order chi connectivity index (χ0) is 25.2. The summed E-state index contributed by atoms with van der Waals surface area (Å²) in [6.45, 7) is 18.1. The summed E-state index contributed by atoms with van der Waals surface area (Å²) < 4.78 is 43.7. The molecule has 0 aliphatic rings. The van der Waals surface area contributed by atoms with Gasteiger partial charge in [0.05, 0.1) is 7.11 Å². The van der Waals surface area contributed by atoms with Crippen LogP contribution in [0.25, 0.3) is 5.57 Å². The average molecular weight is 491 g/mol. The van der Waals surface area contributed by atoms with Gasteiger partial charge in [0.2, 0.25) is 0 Å². The van der Waals surface area contributed by atoms with Crippen molar-refractivity contribution in [3.8, 4) is 17.2 Å². The van der Waals surface area contributed by atoms with Crippen molar-refractivity contribution in [1.82, 2.24) is 0 Å². The van der Waals surface area contributed by atoms with E-state index in [4.69, 9.17) is 13.3 Å². The highest BCUT2D eigenvalue weighted by Crippen LogP contribution is 2.47. The molecule has 2 aromatic rings. The van der Waals surface area contributed by atoms with E-state index in [1.807, 2.05) is 6.92 Å². The molecule has 8 heteroatoms. The normalized spacial score (nSPS) is 12.2. The van der Waals surface area contributed by atoms with Gasteiger partial charge in [0.25, 0.3) is 8.32 Å². The van der Waals surface area contributed by atoms with Crippen molar-refractivity contribution in [3.63, 3.8) is 0 Å². The first-order valence-corrected chi connectivity index (χ1v) is 15.0. The third-order valence-electron chi connectivity index (χ3n) is 6.02. The van der Waals surface area contributed by atoms with Gasteiger partial charge < -0.3 is 18.1 Å². The lowest BCUT2D eigenvalue weighted by Gasteiger charge is -2.38. The first-order valence-electron chi connectivity index (χ1n) is 10.7. The van der Waals surface area contributed by atoms with E-state index < -0.39 is 18.4 Å². The molecule has 6 nitrogen and oxygen atoms in total. The molecular weight excluding hydrogens is 456 g/mol. The molecular formula is C25H34O6SSi. The molecule has 0 aliphatic heterocycles. The maximum atomic E-state index is 13.0. The first-order chi connectivity index (χ1) is 15.1. The molecule has 0 unspecified atom stereocenters.